The standard InChI is InChI=1S/C16H14N2O3/c1-21-16-4-2-3-12(10-16)9-14(11-17)13-5-7-15(8-6-13)18(19)20/h2-8,10,14H,9H2,1H3. The van der Waals surface area contributed by atoms with Gasteiger partial charge < -0.3 is 4.74 Å². The van der Waals surface area contributed by atoms with Crippen LogP contribution in [-0.2, 0) is 6.42 Å². The molecule has 0 amide bonds. The average molecular weight is 282 g/mol. The summed E-state index contributed by atoms with van der Waals surface area (Å²) in [6, 6.07) is 15.9. The normalized spacial score (nSPS) is 11.4. The Balaban J connectivity index is 2.19. The molecule has 0 aliphatic carbocycles. The van der Waals surface area contributed by atoms with E-state index in [9.17, 15) is 15.4 Å². The zero-order valence-electron chi connectivity index (χ0n) is 11.5. The van der Waals surface area contributed by atoms with Gasteiger partial charge in [-0.1, -0.05) is 24.3 Å². The van der Waals surface area contributed by atoms with Gasteiger partial charge in [0.2, 0.25) is 0 Å². The predicted molar refractivity (Wildman–Crippen MR) is 78.1 cm³/mol. The largest absolute Gasteiger partial charge is 0.497 e. The molecular formula is C16H14N2O3. The van der Waals surface area contributed by atoms with Crippen LogP contribution in [0.25, 0.3) is 0 Å². The molecule has 0 spiro atoms. The van der Waals surface area contributed by atoms with E-state index in [-0.39, 0.29) is 11.6 Å². The first-order valence-corrected chi connectivity index (χ1v) is 6.41. The Bertz CT molecular complexity index is 675. The molecule has 1 unspecified atom stereocenters. The van der Waals surface area contributed by atoms with Crippen molar-refractivity contribution in [3.05, 3.63) is 69.8 Å². The molecule has 0 radical (unpaired) electrons. The van der Waals surface area contributed by atoms with E-state index in [1.54, 1.807) is 19.2 Å². The van der Waals surface area contributed by atoms with E-state index >= 15 is 0 Å². The molecule has 1 atom stereocenters. The second-order valence-corrected chi connectivity index (χ2v) is 4.59. The highest BCUT2D eigenvalue weighted by Crippen LogP contribution is 2.24. The third kappa shape index (κ3) is 3.57. The fraction of sp³-hybridized carbons (Fsp3) is 0.188. The molecule has 5 heteroatoms. The Morgan fingerprint density at radius 1 is 1.29 bits per heavy atom. The van der Waals surface area contributed by atoms with Gasteiger partial charge in [-0.25, -0.2) is 0 Å². The van der Waals surface area contributed by atoms with Gasteiger partial charge in [0, 0.05) is 12.1 Å². The number of hydrogen-bond acceptors (Lipinski definition) is 4. The lowest BCUT2D eigenvalue weighted by molar-refractivity contribution is -0.384. The minimum Gasteiger partial charge on any atom is -0.497 e. The van der Waals surface area contributed by atoms with Gasteiger partial charge in [-0.15, -0.1) is 0 Å². The number of nitro groups is 1. The summed E-state index contributed by atoms with van der Waals surface area (Å²) in [6.45, 7) is 0. The maximum atomic E-state index is 10.6. The monoisotopic (exact) mass is 282 g/mol. The molecular weight excluding hydrogens is 268 g/mol. The highest BCUT2D eigenvalue weighted by molar-refractivity contribution is 5.38. The molecule has 0 aromatic heterocycles. The fourth-order valence-electron chi connectivity index (χ4n) is 2.10. The van der Waals surface area contributed by atoms with Crippen LogP contribution in [-0.4, -0.2) is 12.0 Å². The molecule has 0 saturated heterocycles. The fourth-order valence-corrected chi connectivity index (χ4v) is 2.10. The summed E-state index contributed by atoms with van der Waals surface area (Å²) in [5.74, 6) is 0.394. The summed E-state index contributed by atoms with van der Waals surface area (Å²) in [4.78, 5) is 10.2. The van der Waals surface area contributed by atoms with Crippen LogP contribution >= 0.6 is 0 Å². The molecule has 0 aliphatic rings. The SMILES string of the molecule is COc1cccc(CC(C#N)c2ccc([N+](=O)[O-])cc2)c1. The Morgan fingerprint density at radius 3 is 2.57 bits per heavy atom. The van der Waals surface area contributed by atoms with Gasteiger partial charge in [0.15, 0.2) is 0 Å². The van der Waals surface area contributed by atoms with Crippen LogP contribution in [0, 0.1) is 21.4 Å². The Kier molecular flexibility index (Phi) is 4.52. The highest BCUT2D eigenvalue weighted by Gasteiger charge is 2.14. The number of nitro benzene ring substituents is 1. The van der Waals surface area contributed by atoms with E-state index in [1.165, 1.54) is 12.1 Å². The Hall–Kier alpha value is -2.87. The topological polar surface area (TPSA) is 76.2 Å². The van der Waals surface area contributed by atoms with Gasteiger partial charge in [0.1, 0.15) is 5.75 Å². The molecule has 0 bridgehead atoms. The number of rotatable bonds is 5. The third-order valence-corrected chi connectivity index (χ3v) is 3.24. The molecule has 5 nitrogen and oxygen atoms in total. The number of methoxy groups -OCH3 is 1. The molecule has 21 heavy (non-hydrogen) atoms. The highest BCUT2D eigenvalue weighted by atomic mass is 16.6. The summed E-state index contributed by atoms with van der Waals surface area (Å²) in [5, 5.41) is 20.0. The van der Waals surface area contributed by atoms with E-state index in [2.05, 4.69) is 6.07 Å². The van der Waals surface area contributed by atoms with E-state index < -0.39 is 4.92 Å². The van der Waals surface area contributed by atoms with Crippen molar-refractivity contribution in [2.45, 2.75) is 12.3 Å². The molecule has 2 aromatic rings. The molecule has 2 rings (SSSR count). The maximum Gasteiger partial charge on any atom is 0.269 e. The first kappa shape index (κ1) is 14.5. The van der Waals surface area contributed by atoms with Crippen molar-refractivity contribution in [3.63, 3.8) is 0 Å². The minimum absolute atomic E-state index is 0.0248. The minimum atomic E-state index is -0.451. The van der Waals surface area contributed by atoms with Crippen molar-refractivity contribution in [3.8, 4) is 11.8 Å². The molecule has 106 valence electrons. The van der Waals surface area contributed by atoms with Crippen molar-refractivity contribution >= 4 is 5.69 Å². The lowest BCUT2D eigenvalue weighted by atomic mass is 9.93. The lowest BCUT2D eigenvalue weighted by Gasteiger charge is -2.10. The van der Waals surface area contributed by atoms with Gasteiger partial charge in [-0.05, 0) is 29.7 Å². The van der Waals surface area contributed by atoms with Crippen LogP contribution < -0.4 is 4.74 Å². The van der Waals surface area contributed by atoms with Crippen LogP contribution in [0.15, 0.2) is 48.5 Å². The zero-order chi connectivity index (χ0) is 15.2. The summed E-state index contributed by atoms with van der Waals surface area (Å²) in [7, 11) is 1.59. The van der Waals surface area contributed by atoms with Crippen LogP contribution in [0.4, 0.5) is 5.69 Å². The van der Waals surface area contributed by atoms with E-state index in [4.69, 9.17) is 4.74 Å². The van der Waals surface area contributed by atoms with Crippen molar-refractivity contribution in [2.24, 2.45) is 0 Å². The smallest absolute Gasteiger partial charge is 0.269 e. The second-order valence-electron chi connectivity index (χ2n) is 4.59. The van der Waals surface area contributed by atoms with Crippen LogP contribution in [0.2, 0.25) is 0 Å². The number of ether oxygens (including phenoxy) is 1. The van der Waals surface area contributed by atoms with Crippen molar-refractivity contribution in [1.82, 2.24) is 0 Å². The molecule has 0 N–H and O–H groups in total. The number of nitriles is 1. The lowest BCUT2D eigenvalue weighted by Crippen LogP contribution is -2.01. The summed E-state index contributed by atoms with van der Waals surface area (Å²) in [6.07, 6.45) is 0.533. The number of non-ortho nitro benzene ring substituents is 1. The van der Waals surface area contributed by atoms with Crippen LogP contribution in [0.1, 0.15) is 17.0 Å². The van der Waals surface area contributed by atoms with Crippen LogP contribution in [0.5, 0.6) is 5.75 Å². The third-order valence-electron chi connectivity index (χ3n) is 3.24. The predicted octanol–water partition coefficient (Wildman–Crippen LogP) is 3.45. The Morgan fingerprint density at radius 2 is 2.00 bits per heavy atom. The number of nitrogens with zero attached hydrogens (tertiary/aromatic N) is 2. The van der Waals surface area contributed by atoms with Gasteiger partial charge in [-0.2, -0.15) is 5.26 Å². The van der Waals surface area contributed by atoms with E-state index in [0.717, 1.165) is 16.9 Å². The van der Waals surface area contributed by atoms with Crippen molar-refractivity contribution in [1.29, 1.82) is 5.26 Å². The summed E-state index contributed by atoms with van der Waals surface area (Å²) in [5.41, 5.74) is 1.78. The van der Waals surface area contributed by atoms with Gasteiger partial charge >= 0.3 is 0 Å². The van der Waals surface area contributed by atoms with E-state index in [1.807, 2.05) is 24.3 Å². The number of hydrogen-bond donors (Lipinski definition) is 0. The quantitative estimate of drug-likeness (QED) is 0.621. The van der Waals surface area contributed by atoms with Gasteiger partial charge in [0.05, 0.1) is 24.0 Å². The van der Waals surface area contributed by atoms with Gasteiger partial charge in [0.25, 0.3) is 5.69 Å². The second kappa shape index (κ2) is 6.53. The average Bonchev–Trinajstić information content (AvgIpc) is 2.53. The molecule has 0 saturated carbocycles. The van der Waals surface area contributed by atoms with Crippen LogP contribution in [0.3, 0.4) is 0 Å². The summed E-state index contributed by atoms with van der Waals surface area (Å²) >= 11 is 0. The first-order chi connectivity index (χ1) is 10.1. The van der Waals surface area contributed by atoms with Gasteiger partial charge in [-0.3, -0.25) is 10.1 Å². The van der Waals surface area contributed by atoms with Crippen molar-refractivity contribution in [2.75, 3.05) is 7.11 Å². The molecule has 0 heterocycles. The zero-order valence-corrected chi connectivity index (χ0v) is 11.5. The molecule has 0 aliphatic heterocycles. The Labute approximate surface area is 122 Å². The summed E-state index contributed by atoms with van der Waals surface area (Å²) < 4.78 is 5.16. The molecule has 2 aromatic carbocycles. The first-order valence-electron chi connectivity index (χ1n) is 6.41. The van der Waals surface area contributed by atoms with Crippen molar-refractivity contribution < 1.29 is 9.66 Å². The molecule has 0 fully saturated rings. The van der Waals surface area contributed by atoms with E-state index in [0.29, 0.717) is 6.42 Å². The number of benzene rings is 2. The maximum absolute atomic E-state index is 10.6.